The van der Waals surface area contributed by atoms with Gasteiger partial charge >= 0.3 is 0 Å². The molecule has 6 heteroatoms. The average Bonchev–Trinajstić information content (AvgIpc) is 2.01. The molecule has 1 atom stereocenters. The number of hydrogen-bond acceptors (Lipinski definition) is 4. The largest absolute Gasteiger partial charge is 0.394 e. The zero-order valence-electron chi connectivity index (χ0n) is 8.86. The van der Waals surface area contributed by atoms with Crippen LogP contribution in [0, 0.1) is 0 Å². The van der Waals surface area contributed by atoms with Gasteiger partial charge < -0.3 is 10.4 Å². The number of hydrogen-bond donors (Lipinski definition) is 2. The van der Waals surface area contributed by atoms with Gasteiger partial charge in [-0.2, -0.15) is 0 Å². The number of rotatable bonds is 4. The third-order valence-electron chi connectivity index (χ3n) is 2.13. The second-order valence-electron chi connectivity index (χ2n) is 3.84. The molecular weight excluding hydrogens is 206 g/mol. The summed E-state index contributed by atoms with van der Waals surface area (Å²) in [5.74, 6) is -0.596. The molecule has 84 valence electrons. The molecule has 5 nitrogen and oxygen atoms in total. The van der Waals surface area contributed by atoms with Crippen LogP contribution in [0.3, 0.4) is 0 Å². The van der Waals surface area contributed by atoms with E-state index >= 15 is 0 Å². The molecule has 0 aliphatic carbocycles. The fourth-order valence-electron chi connectivity index (χ4n) is 0.612. The minimum atomic E-state index is -3.45. The van der Waals surface area contributed by atoms with E-state index in [0.717, 1.165) is 6.26 Å². The second kappa shape index (κ2) is 4.27. The molecule has 0 aliphatic rings. The van der Waals surface area contributed by atoms with Crippen molar-refractivity contribution in [2.75, 3.05) is 12.9 Å². The Morgan fingerprint density at radius 2 is 1.93 bits per heavy atom. The summed E-state index contributed by atoms with van der Waals surface area (Å²) in [4.78, 5) is 11.5. The fraction of sp³-hybridized carbons (Fsp3) is 0.875. The molecule has 0 aromatic carbocycles. The molecule has 0 fully saturated rings. The third kappa shape index (κ3) is 2.95. The standard InChI is InChI=1S/C8H17NO4S/c1-6(5-10)9-7(11)8(2,3)14(4,12)13/h6,10H,5H2,1-4H3,(H,9,11). The van der Waals surface area contributed by atoms with Gasteiger partial charge in [0, 0.05) is 12.3 Å². The third-order valence-corrected chi connectivity index (χ3v) is 4.16. The van der Waals surface area contributed by atoms with Gasteiger partial charge in [0.25, 0.3) is 0 Å². The Hall–Kier alpha value is -0.620. The average molecular weight is 223 g/mol. The van der Waals surface area contributed by atoms with E-state index in [1.165, 1.54) is 13.8 Å². The van der Waals surface area contributed by atoms with Crippen LogP contribution in [0.5, 0.6) is 0 Å². The van der Waals surface area contributed by atoms with Gasteiger partial charge in [-0.05, 0) is 20.8 Å². The highest BCUT2D eigenvalue weighted by atomic mass is 32.2. The van der Waals surface area contributed by atoms with Crippen molar-refractivity contribution < 1.29 is 18.3 Å². The lowest BCUT2D eigenvalue weighted by Gasteiger charge is -2.23. The summed E-state index contributed by atoms with van der Waals surface area (Å²) in [6, 6.07) is -0.441. The maximum atomic E-state index is 11.5. The Kier molecular flexibility index (Phi) is 4.08. The van der Waals surface area contributed by atoms with Gasteiger partial charge in [0.05, 0.1) is 6.61 Å². The first-order valence-corrected chi connectivity index (χ1v) is 6.13. The van der Waals surface area contributed by atoms with E-state index in [1.807, 2.05) is 0 Å². The van der Waals surface area contributed by atoms with Crippen molar-refractivity contribution >= 4 is 15.7 Å². The first-order chi connectivity index (χ1) is 6.13. The van der Waals surface area contributed by atoms with Crippen LogP contribution in [0.15, 0.2) is 0 Å². The minimum Gasteiger partial charge on any atom is -0.394 e. The van der Waals surface area contributed by atoms with Crippen LogP contribution in [0.1, 0.15) is 20.8 Å². The smallest absolute Gasteiger partial charge is 0.241 e. The molecule has 2 N–H and O–H groups in total. The minimum absolute atomic E-state index is 0.217. The lowest BCUT2D eigenvalue weighted by Crippen LogP contribution is -2.50. The molecule has 14 heavy (non-hydrogen) atoms. The van der Waals surface area contributed by atoms with Gasteiger partial charge in [0.15, 0.2) is 9.84 Å². The summed E-state index contributed by atoms with van der Waals surface area (Å²) in [5, 5.41) is 11.1. The molecular formula is C8H17NO4S. The van der Waals surface area contributed by atoms with Gasteiger partial charge in [0.1, 0.15) is 4.75 Å². The number of amides is 1. The van der Waals surface area contributed by atoms with Crippen molar-refractivity contribution in [2.45, 2.75) is 31.6 Å². The molecule has 0 saturated heterocycles. The molecule has 0 rings (SSSR count). The Balaban J connectivity index is 4.70. The quantitative estimate of drug-likeness (QED) is 0.660. The van der Waals surface area contributed by atoms with E-state index in [-0.39, 0.29) is 6.61 Å². The van der Waals surface area contributed by atoms with E-state index in [1.54, 1.807) is 6.92 Å². The number of carbonyl (C=O) groups excluding carboxylic acids is 1. The van der Waals surface area contributed by atoms with Crippen molar-refractivity contribution in [3.63, 3.8) is 0 Å². The molecule has 0 saturated carbocycles. The van der Waals surface area contributed by atoms with Crippen LogP contribution in [0.2, 0.25) is 0 Å². The van der Waals surface area contributed by atoms with Crippen molar-refractivity contribution in [3.05, 3.63) is 0 Å². The van der Waals surface area contributed by atoms with E-state index in [2.05, 4.69) is 5.32 Å². The van der Waals surface area contributed by atoms with Crippen LogP contribution >= 0.6 is 0 Å². The summed E-state index contributed by atoms with van der Waals surface area (Å²) in [7, 11) is -3.45. The molecule has 1 unspecified atom stereocenters. The second-order valence-corrected chi connectivity index (χ2v) is 6.40. The van der Waals surface area contributed by atoms with Gasteiger partial charge in [-0.15, -0.1) is 0 Å². The maximum Gasteiger partial charge on any atom is 0.241 e. The highest BCUT2D eigenvalue weighted by Crippen LogP contribution is 2.15. The Bertz CT molecular complexity index is 307. The van der Waals surface area contributed by atoms with Crippen molar-refractivity contribution in [1.29, 1.82) is 0 Å². The topological polar surface area (TPSA) is 83.5 Å². The van der Waals surface area contributed by atoms with Crippen LogP contribution in [-0.2, 0) is 14.6 Å². The zero-order chi connectivity index (χ0) is 11.6. The molecule has 0 radical (unpaired) electrons. The number of nitrogens with one attached hydrogen (secondary N) is 1. The first kappa shape index (κ1) is 13.4. The lowest BCUT2D eigenvalue weighted by atomic mass is 10.2. The van der Waals surface area contributed by atoms with Crippen LogP contribution in [0.4, 0.5) is 0 Å². The number of carbonyl (C=O) groups is 1. The Morgan fingerprint density at radius 3 is 2.21 bits per heavy atom. The molecule has 0 aliphatic heterocycles. The summed E-state index contributed by atoms with van der Waals surface area (Å²) < 4.78 is 21.0. The summed E-state index contributed by atoms with van der Waals surface area (Å²) in [6.45, 7) is 4.05. The van der Waals surface area contributed by atoms with Crippen LogP contribution in [-0.4, -0.2) is 43.1 Å². The van der Waals surface area contributed by atoms with Crippen LogP contribution < -0.4 is 5.32 Å². The monoisotopic (exact) mass is 223 g/mol. The van der Waals surface area contributed by atoms with Crippen LogP contribution in [0.25, 0.3) is 0 Å². The molecule has 0 spiro atoms. The first-order valence-electron chi connectivity index (χ1n) is 4.24. The number of aliphatic hydroxyl groups is 1. The molecule has 1 amide bonds. The maximum absolute atomic E-state index is 11.5. The van der Waals surface area contributed by atoms with Crippen molar-refractivity contribution in [3.8, 4) is 0 Å². The van der Waals surface area contributed by atoms with E-state index in [9.17, 15) is 13.2 Å². The Labute approximate surface area is 84.4 Å². The molecule has 0 bridgehead atoms. The van der Waals surface area contributed by atoms with Gasteiger partial charge in [-0.3, -0.25) is 4.79 Å². The highest BCUT2D eigenvalue weighted by molar-refractivity contribution is 7.92. The number of sulfone groups is 1. The van der Waals surface area contributed by atoms with Gasteiger partial charge in [-0.25, -0.2) is 8.42 Å². The number of aliphatic hydroxyl groups excluding tert-OH is 1. The van der Waals surface area contributed by atoms with E-state index < -0.39 is 26.5 Å². The fourth-order valence-corrected chi connectivity index (χ4v) is 1.01. The lowest BCUT2D eigenvalue weighted by molar-refractivity contribution is -0.123. The van der Waals surface area contributed by atoms with Gasteiger partial charge in [-0.1, -0.05) is 0 Å². The summed E-state index contributed by atoms with van der Waals surface area (Å²) >= 11 is 0. The summed E-state index contributed by atoms with van der Waals surface area (Å²) in [6.07, 6.45) is 1.01. The van der Waals surface area contributed by atoms with Gasteiger partial charge in [0.2, 0.25) is 5.91 Å². The highest BCUT2D eigenvalue weighted by Gasteiger charge is 2.38. The normalized spacial score (nSPS) is 14.9. The predicted octanol–water partition coefficient (Wildman–Crippen LogP) is -0.693. The Morgan fingerprint density at radius 1 is 1.50 bits per heavy atom. The molecule has 0 aromatic heterocycles. The molecule has 0 aromatic rings. The SMILES string of the molecule is CC(CO)NC(=O)C(C)(C)S(C)(=O)=O. The van der Waals surface area contributed by atoms with E-state index in [0.29, 0.717) is 0 Å². The zero-order valence-corrected chi connectivity index (χ0v) is 9.68. The van der Waals surface area contributed by atoms with E-state index in [4.69, 9.17) is 5.11 Å². The summed E-state index contributed by atoms with van der Waals surface area (Å²) in [5.41, 5.74) is 0. The molecule has 0 heterocycles. The van der Waals surface area contributed by atoms with Crippen molar-refractivity contribution in [1.82, 2.24) is 5.32 Å². The van der Waals surface area contributed by atoms with Crippen molar-refractivity contribution in [2.24, 2.45) is 0 Å². The predicted molar refractivity (Wildman–Crippen MR) is 53.6 cm³/mol.